The molecular weight excluding hydrogens is 188 g/mol. The summed E-state index contributed by atoms with van der Waals surface area (Å²) in [5, 5.41) is 0.994. The molecule has 2 aromatic rings. The molecule has 0 aliphatic carbocycles. The van der Waals surface area contributed by atoms with E-state index >= 15 is 0 Å². The fourth-order valence-corrected chi connectivity index (χ4v) is 1.68. The van der Waals surface area contributed by atoms with Gasteiger partial charge in [0.15, 0.2) is 5.78 Å². The summed E-state index contributed by atoms with van der Waals surface area (Å²) in [6.07, 6.45) is 1.77. The molecule has 0 saturated heterocycles. The SMILES string of the molecule is CC(=O)c1c[nH]c2ccc(N(C)C)cc12. The van der Waals surface area contributed by atoms with Crippen LogP contribution < -0.4 is 4.90 Å². The predicted octanol–water partition coefficient (Wildman–Crippen LogP) is 2.44. The summed E-state index contributed by atoms with van der Waals surface area (Å²) in [6.45, 7) is 1.59. The maximum absolute atomic E-state index is 11.4. The number of fused-ring (bicyclic) bond motifs is 1. The van der Waals surface area contributed by atoms with Gasteiger partial charge in [-0.2, -0.15) is 0 Å². The number of aromatic nitrogens is 1. The fourth-order valence-electron chi connectivity index (χ4n) is 1.68. The van der Waals surface area contributed by atoms with Crippen LogP contribution in [-0.2, 0) is 0 Å². The number of carbonyl (C=O) groups excluding carboxylic acids is 1. The first kappa shape index (κ1) is 9.77. The highest BCUT2D eigenvalue weighted by atomic mass is 16.1. The molecule has 0 atom stereocenters. The molecule has 0 saturated carbocycles. The maximum atomic E-state index is 11.4. The van der Waals surface area contributed by atoms with Gasteiger partial charge in [0.1, 0.15) is 0 Å². The second kappa shape index (κ2) is 3.42. The zero-order chi connectivity index (χ0) is 11.0. The summed E-state index contributed by atoms with van der Waals surface area (Å²) in [7, 11) is 3.97. The summed E-state index contributed by atoms with van der Waals surface area (Å²) in [6, 6.07) is 6.06. The van der Waals surface area contributed by atoms with Crippen LogP contribution in [0.15, 0.2) is 24.4 Å². The van der Waals surface area contributed by atoms with E-state index in [1.54, 1.807) is 13.1 Å². The Balaban J connectivity index is 2.66. The third-order valence-electron chi connectivity index (χ3n) is 2.56. The minimum atomic E-state index is 0.0946. The average Bonchev–Trinajstić information content (AvgIpc) is 2.59. The standard InChI is InChI=1S/C12H14N2O/c1-8(15)11-7-13-12-5-4-9(14(2)3)6-10(11)12/h4-7,13H,1-3H3. The van der Waals surface area contributed by atoms with E-state index in [4.69, 9.17) is 0 Å². The molecule has 0 aliphatic rings. The molecule has 0 amide bonds. The van der Waals surface area contributed by atoms with Gasteiger partial charge in [-0.25, -0.2) is 0 Å². The predicted molar refractivity (Wildman–Crippen MR) is 62.6 cm³/mol. The maximum Gasteiger partial charge on any atom is 0.161 e. The molecule has 3 nitrogen and oxygen atoms in total. The highest BCUT2D eigenvalue weighted by Crippen LogP contribution is 2.23. The number of hydrogen-bond donors (Lipinski definition) is 1. The highest BCUT2D eigenvalue weighted by molar-refractivity contribution is 6.07. The zero-order valence-corrected chi connectivity index (χ0v) is 9.16. The van der Waals surface area contributed by atoms with E-state index < -0.39 is 0 Å². The van der Waals surface area contributed by atoms with Crippen molar-refractivity contribution in [2.24, 2.45) is 0 Å². The van der Waals surface area contributed by atoms with Crippen LogP contribution in [0.25, 0.3) is 10.9 Å². The van der Waals surface area contributed by atoms with Crippen molar-refractivity contribution in [1.29, 1.82) is 0 Å². The van der Waals surface area contributed by atoms with Gasteiger partial charge in [0.25, 0.3) is 0 Å². The lowest BCUT2D eigenvalue weighted by atomic mass is 10.1. The molecule has 1 aromatic carbocycles. The first-order chi connectivity index (χ1) is 7.09. The third kappa shape index (κ3) is 1.61. The number of anilines is 1. The van der Waals surface area contributed by atoms with Crippen LogP contribution in [-0.4, -0.2) is 24.9 Å². The Kier molecular flexibility index (Phi) is 2.23. The van der Waals surface area contributed by atoms with Crippen LogP contribution >= 0.6 is 0 Å². The van der Waals surface area contributed by atoms with E-state index in [9.17, 15) is 4.79 Å². The van der Waals surface area contributed by atoms with E-state index in [1.165, 1.54) is 0 Å². The number of Topliss-reactive ketones (excluding diaryl/α,β-unsaturated/α-hetero) is 1. The number of rotatable bonds is 2. The lowest BCUT2D eigenvalue weighted by Crippen LogP contribution is -2.08. The van der Waals surface area contributed by atoms with Gasteiger partial charge < -0.3 is 9.88 Å². The van der Waals surface area contributed by atoms with Crippen LogP contribution in [0.4, 0.5) is 5.69 Å². The van der Waals surface area contributed by atoms with Crippen molar-refractivity contribution in [1.82, 2.24) is 4.98 Å². The molecule has 1 heterocycles. The van der Waals surface area contributed by atoms with Crippen LogP contribution in [0.3, 0.4) is 0 Å². The number of nitrogens with zero attached hydrogens (tertiary/aromatic N) is 1. The third-order valence-corrected chi connectivity index (χ3v) is 2.56. The summed E-state index contributed by atoms with van der Waals surface area (Å²) in [5.74, 6) is 0.0946. The number of hydrogen-bond acceptors (Lipinski definition) is 2. The van der Waals surface area contributed by atoms with E-state index in [2.05, 4.69) is 4.98 Å². The van der Waals surface area contributed by atoms with Gasteiger partial charge in [-0.3, -0.25) is 4.79 Å². The van der Waals surface area contributed by atoms with Gasteiger partial charge >= 0.3 is 0 Å². The number of nitrogens with one attached hydrogen (secondary N) is 1. The smallest absolute Gasteiger partial charge is 0.161 e. The first-order valence-corrected chi connectivity index (χ1v) is 4.89. The van der Waals surface area contributed by atoms with Crippen molar-refractivity contribution in [2.75, 3.05) is 19.0 Å². The average molecular weight is 202 g/mol. The number of benzene rings is 1. The molecular formula is C12H14N2O. The summed E-state index contributed by atoms with van der Waals surface area (Å²) < 4.78 is 0. The van der Waals surface area contributed by atoms with Gasteiger partial charge in [0.2, 0.25) is 0 Å². The highest BCUT2D eigenvalue weighted by Gasteiger charge is 2.08. The summed E-state index contributed by atoms with van der Waals surface area (Å²) in [5.41, 5.74) is 2.86. The molecule has 1 aromatic heterocycles. The first-order valence-electron chi connectivity index (χ1n) is 4.89. The second-order valence-corrected chi connectivity index (χ2v) is 3.88. The Labute approximate surface area is 88.7 Å². The van der Waals surface area contributed by atoms with Crippen LogP contribution in [0.2, 0.25) is 0 Å². The number of ketones is 1. The van der Waals surface area contributed by atoms with Crippen molar-refractivity contribution in [3.63, 3.8) is 0 Å². The molecule has 78 valence electrons. The van der Waals surface area contributed by atoms with Crippen molar-refractivity contribution < 1.29 is 4.79 Å². The lowest BCUT2D eigenvalue weighted by molar-refractivity contribution is 0.101. The molecule has 3 heteroatoms. The minimum Gasteiger partial charge on any atom is -0.378 e. The van der Waals surface area contributed by atoms with Crippen molar-refractivity contribution in [3.8, 4) is 0 Å². The fraction of sp³-hybridized carbons (Fsp3) is 0.250. The van der Waals surface area contributed by atoms with E-state index in [0.29, 0.717) is 0 Å². The molecule has 0 unspecified atom stereocenters. The number of aromatic amines is 1. The molecule has 1 N–H and O–H groups in total. The van der Waals surface area contributed by atoms with E-state index in [0.717, 1.165) is 22.2 Å². The normalized spacial score (nSPS) is 10.6. The topological polar surface area (TPSA) is 36.1 Å². The van der Waals surface area contributed by atoms with Crippen molar-refractivity contribution >= 4 is 22.4 Å². The second-order valence-electron chi connectivity index (χ2n) is 3.88. The van der Waals surface area contributed by atoms with Gasteiger partial charge in [0, 0.05) is 42.4 Å². The van der Waals surface area contributed by atoms with Crippen molar-refractivity contribution in [3.05, 3.63) is 30.0 Å². The Hall–Kier alpha value is -1.77. The summed E-state index contributed by atoms with van der Waals surface area (Å²) in [4.78, 5) is 16.5. The Morgan fingerprint density at radius 1 is 1.33 bits per heavy atom. The van der Waals surface area contributed by atoms with Gasteiger partial charge in [0.05, 0.1) is 0 Å². The number of carbonyl (C=O) groups is 1. The summed E-state index contributed by atoms with van der Waals surface area (Å²) >= 11 is 0. The van der Waals surface area contributed by atoms with Gasteiger partial charge in [-0.15, -0.1) is 0 Å². The molecule has 0 spiro atoms. The monoisotopic (exact) mass is 202 g/mol. The Morgan fingerprint density at radius 2 is 2.07 bits per heavy atom. The molecule has 0 radical (unpaired) electrons. The lowest BCUT2D eigenvalue weighted by Gasteiger charge is -2.12. The number of H-pyrrole nitrogens is 1. The zero-order valence-electron chi connectivity index (χ0n) is 9.16. The Morgan fingerprint density at radius 3 is 2.67 bits per heavy atom. The molecule has 0 fully saturated rings. The van der Waals surface area contributed by atoms with Crippen LogP contribution in [0.5, 0.6) is 0 Å². The van der Waals surface area contributed by atoms with E-state index in [1.807, 2.05) is 37.2 Å². The van der Waals surface area contributed by atoms with Crippen LogP contribution in [0, 0.1) is 0 Å². The quantitative estimate of drug-likeness (QED) is 0.759. The molecule has 0 bridgehead atoms. The molecule has 15 heavy (non-hydrogen) atoms. The Bertz CT molecular complexity index is 511. The van der Waals surface area contributed by atoms with Gasteiger partial charge in [-0.05, 0) is 25.1 Å². The molecule has 2 rings (SSSR count). The molecule has 0 aliphatic heterocycles. The van der Waals surface area contributed by atoms with E-state index in [-0.39, 0.29) is 5.78 Å². The minimum absolute atomic E-state index is 0.0946. The van der Waals surface area contributed by atoms with Gasteiger partial charge in [-0.1, -0.05) is 0 Å². The largest absolute Gasteiger partial charge is 0.378 e. The van der Waals surface area contributed by atoms with Crippen LogP contribution in [0.1, 0.15) is 17.3 Å². The van der Waals surface area contributed by atoms with Crippen molar-refractivity contribution in [2.45, 2.75) is 6.92 Å².